The third-order valence-electron chi connectivity index (χ3n) is 0.458. The van der Waals surface area contributed by atoms with Gasteiger partial charge in [0.25, 0.3) is 0 Å². The largest absolute Gasteiger partial charge is 0.355 e. The molecule has 4 heteroatoms. The summed E-state index contributed by atoms with van der Waals surface area (Å²) in [6.07, 6.45) is 2.06. The van der Waals surface area contributed by atoms with Gasteiger partial charge in [0.05, 0.1) is 0 Å². The Morgan fingerprint density at radius 1 is 1.62 bits per heavy atom. The summed E-state index contributed by atoms with van der Waals surface area (Å²) in [5, 5.41) is 2.35. The molecule has 1 amide bonds. The molecule has 46 valence electrons. The van der Waals surface area contributed by atoms with Gasteiger partial charge in [0.1, 0.15) is 4.49 Å². The lowest BCUT2D eigenvalue weighted by atomic mass is 10.6. The zero-order valence-electron chi connectivity index (χ0n) is 4.03. The molecule has 0 aliphatic rings. The highest BCUT2D eigenvalue weighted by molar-refractivity contribution is 6.55. The minimum absolute atomic E-state index is 0.166. The quantitative estimate of drug-likeness (QED) is 0.477. The number of hydrogen-bond donors (Lipinski definition) is 1. The lowest BCUT2D eigenvalue weighted by Gasteiger charge is -1.85. The van der Waals surface area contributed by atoms with Gasteiger partial charge in [-0.2, -0.15) is 0 Å². The molecule has 0 aromatic rings. The zero-order valence-corrected chi connectivity index (χ0v) is 5.54. The smallest absolute Gasteiger partial charge is 0.207 e. The van der Waals surface area contributed by atoms with Crippen molar-refractivity contribution in [3.05, 3.63) is 10.6 Å². The van der Waals surface area contributed by atoms with Crippen LogP contribution in [0.15, 0.2) is 10.6 Å². The Balaban J connectivity index is 3.15. The minimum Gasteiger partial charge on any atom is -0.355 e. The van der Waals surface area contributed by atoms with Crippen LogP contribution in [0.5, 0.6) is 0 Å². The van der Waals surface area contributed by atoms with Gasteiger partial charge >= 0.3 is 0 Å². The molecule has 0 unspecified atom stereocenters. The number of nitrogens with one attached hydrogen (secondary N) is 1. The van der Waals surface area contributed by atoms with Crippen molar-refractivity contribution in [3.8, 4) is 0 Å². The summed E-state index contributed by atoms with van der Waals surface area (Å²) in [6.45, 7) is 0.381. The summed E-state index contributed by atoms with van der Waals surface area (Å²) in [6, 6.07) is 0. The summed E-state index contributed by atoms with van der Waals surface area (Å²) >= 11 is 10.4. The first kappa shape index (κ1) is 7.79. The summed E-state index contributed by atoms with van der Waals surface area (Å²) in [5.74, 6) is 0. The number of carbonyl (C=O) groups is 1. The maximum absolute atomic E-state index is 9.56. The van der Waals surface area contributed by atoms with Gasteiger partial charge in [-0.1, -0.05) is 23.2 Å². The highest BCUT2D eigenvalue weighted by Gasteiger charge is 1.79. The Kier molecular flexibility index (Phi) is 4.81. The molecular weight excluding hydrogens is 149 g/mol. The van der Waals surface area contributed by atoms with E-state index in [4.69, 9.17) is 23.2 Å². The van der Waals surface area contributed by atoms with Gasteiger partial charge in [-0.15, -0.1) is 0 Å². The van der Waals surface area contributed by atoms with E-state index in [0.717, 1.165) is 0 Å². The van der Waals surface area contributed by atoms with Crippen LogP contribution < -0.4 is 5.32 Å². The highest BCUT2D eigenvalue weighted by atomic mass is 35.5. The number of rotatable bonds is 3. The SMILES string of the molecule is O=CNCC=C(Cl)Cl. The van der Waals surface area contributed by atoms with E-state index in [-0.39, 0.29) is 4.49 Å². The number of halogens is 2. The van der Waals surface area contributed by atoms with Crippen molar-refractivity contribution in [3.63, 3.8) is 0 Å². The normalized spacial score (nSPS) is 7.75. The predicted molar refractivity (Wildman–Crippen MR) is 33.9 cm³/mol. The molecule has 0 heterocycles. The molecule has 0 aliphatic heterocycles. The minimum atomic E-state index is 0.166. The Hall–Kier alpha value is -0.210. The van der Waals surface area contributed by atoms with Gasteiger partial charge in [0, 0.05) is 6.54 Å². The van der Waals surface area contributed by atoms with Crippen molar-refractivity contribution in [1.82, 2.24) is 5.32 Å². The molecular formula is C4H5Cl2NO. The van der Waals surface area contributed by atoms with Crippen LogP contribution >= 0.6 is 23.2 Å². The van der Waals surface area contributed by atoms with Crippen LogP contribution in [0.2, 0.25) is 0 Å². The molecule has 0 saturated carbocycles. The molecule has 0 atom stereocenters. The van der Waals surface area contributed by atoms with Crippen LogP contribution in [-0.2, 0) is 4.79 Å². The second-order valence-corrected chi connectivity index (χ2v) is 2.03. The van der Waals surface area contributed by atoms with E-state index in [1.807, 2.05) is 0 Å². The van der Waals surface area contributed by atoms with E-state index in [9.17, 15) is 4.79 Å². The lowest BCUT2D eigenvalue weighted by molar-refractivity contribution is -0.109. The van der Waals surface area contributed by atoms with Crippen LogP contribution in [0.25, 0.3) is 0 Å². The number of carbonyl (C=O) groups excluding carboxylic acids is 1. The first-order chi connectivity index (χ1) is 3.77. The molecule has 0 saturated heterocycles. The van der Waals surface area contributed by atoms with Gasteiger partial charge in [-0.3, -0.25) is 4.79 Å². The third kappa shape index (κ3) is 5.79. The zero-order chi connectivity index (χ0) is 6.41. The number of hydrogen-bond acceptors (Lipinski definition) is 1. The standard InChI is InChI=1S/C4H5Cl2NO/c5-4(6)1-2-7-3-8/h1,3H,2H2,(H,7,8). The van der Waals surface area contributed by atoms with E-state index in [0.29, 0.717) is 13.0 Å². The van der Waals surface area contributed by atoms with E-state index in [1.165, 1.54) is 6.08 Å². The van der Waals surface area contributed by atoms with Gasteiger partial charge in [0.15, 0.2) is 0 Å². The van der Waals surface area contributed by atoms with Crippen molar-refractivity contribution < 1.29 is 4.79 Å². The van der Waals surface area contributed by atoms with Crippen LogP contribution in [-0.4, -0.2) is 13.0 Å². The maximum atomic E-state index is 9.56. The van der Waals surface area contributed by atoms with Gasteiger partial charge in [-0.25, -0.2) is 0 Å². The second kappa shape index (κ2) is 4.94. The molecule has 0 bridgehead atoms. The molecule has 1 N–H and O–H groups in total. The highest BCUT2D eigenvalue weighted by Crippen LogP contribution is 2.03. The summed E-state index contributed by atoms with van der Waals surface area (Å²) in [4.78, 5) is 9.56. The van der Waals surface area contributed by atoms with Crippen molar-refractivity contribution in [2.45, 2.75) is 0 Å². The van der Waals surface area contributed by atoms with E-state index in [1.54, 1.807) is 0 Å². The summed E-state index contributed by atoms with van der Waals surface area (Å²) in [5.41, 5.74) is 0. The third-order valence-corrected chi connectivity index (χ3v) is 0.766. The molecule has 8 heavy (non-hydrogen) atoms. The summed E-state index contributed by atoms with van der Waals surface area (Å²) in [7, 11) is 0. The van der Waals surface area contributed by atoms with E-state index in [2.05, 4.69) is 5.32 Å². The van der Waals surface area contributed by atoms with Crippen molar-refractivity contribution in [2.24, 2.45) is 0 Å². The molecule has 0 spiro atoms. The molecule has 0 aromatic heterocycles. The van der Waals surface area contributed by atoms with Crippen molar-refractivity contribution in [1.29, 1.82) is 0 Å². The molecule has 0 aromatic carbocycles. The fraction of sp³-hybridized carbons (Fsp3) is 0.250. The van der Waals surface area contributed by atoms with E-state index < -0.39 is 0 Å². The Bertz CT molecular complexity index is 98.2. The predicted octanol–water partition coefficient (Wildman–Crippen LogP) is 1.05. The van der Waals surface area contributed by atoms with E-state index >= 15 is 0 Å². The molecule has 2 nitrogen and oxygen atoms in total. The van der Waals surface area contributed by atoms with Crippen LogP contribution in [0.3, 0.4) is 0 Å². The topological polar surface area (TPSA) is 29.1 Å². The first-order valence-electron chi connectivity index (χ1n) is 1.95. The average Bonchev–Trinajstić information content (AvgIpc) is 1.66. The molecule has 0 radical (unpaired) electrons. The Morgan fingerprint density at radius 3 is 2.62 bits per heavy atom. The maximum Gasteiger partial charge on any atom is 0.207 e. The fourth-order valence-electron chi connectivity index (χ4n) is 0.184. The van der Waals surface area contributed by atoms with Gasteiger partial charge < -0.3 is 5.32 Å². The van der Waals surface area contributed by atoms with Gasteiger partial charge in [0.2, 0.25) is 6.41 Å². The second-order valence-electron chi connectivity index (χ2n) is 1.02. The molecule has 0 fully saturated rings. The first-order valence-corrected chi connectivity index (χ1v) is 2.71. The Morgan fingerprint density at radius 2 is 2.25 bits per heavy atom. The van der Waals surface area contributed by atoms with Crippen LogP contribution in [0, 0.1) is 0 Å². The van der Waals surface area contributed by atoms with Crippen molar-refractivity contribution in [2.75, 3.05) is 6.54 Å². The number of amides is 1. The molecule has 0 aliphatic carbocycles. The van der Waals surface area contributed by atoms with Crippen molar-refractivity contribution >= 4 is 29.6 Å². The average molecular weight is 154 g/mol. The lowest BCUT2D eigenvalue weighted by Crippen LogP contribution is -2.09. The van der Waals surface area contributed by atoms with Gasteiger partial charge in [-0.05, 0) is 6.08 Å². The Labute approximate surface area is 57.5 Å². The fourth-order valence-corrected chi connectivity index (χ4v) is 0.338. The van der Waals surface area contributed by atoms with Crippen LogP contribution in [0.4, 0.5) is 0 Å². The summed E-state index contributed by atoms with van der Waals surface area (Å²) < 4.78 is 0.166. The monoisotopic (exact) mass is 153 g/mol. The molecule has 0 rings (SSSR count). The van der Waals surface area contributed by atoms with Crippen LogP contribution in [0.1, 0.15) is 0 Å².